The number of hydrogen-bond donors (Lipinski definition) is 2. The second-order valence-corrected chi connectivity index (χ2v) is 6.90. The number of guanidine groups is 1. The summed E-state index contributed by atoms with van der Waals surface area (Å²) in [4.78, 5) is 22.7. The molecule has 142 valence electrons. The number of carbonyl (C=O) groups is 1. The monoisotopic (exact) mass is 464 g/mol. The molecule has 0 radical (unpaired) electrons. The molecule has 0 aliphatic carbocycles. The number of nitrogens with zero attached hydrogens (tertiary/aromatic N) is 4. The third-order valence-electron chi connectivity index (χ3n) is 3.70. The maximum atomic E-state index is 12.1. The number of rotatable bonds is 5. The number of halogens is 1. The maximum Gasteiger partial charge on any atom is 0.241 e. The first-order chi connectivity index (χ1) is 11.4. The third-order valence-corrected chi connectivity index (χ3v) is 3.70. The van der Waals surface area contributed by atoms with Crippen molar-refractivity contribution in [3.8, 4) is 0 Å². The van der Waals surface area contributed by atoms with Crippen LogP contribution in [0.3, 0.4) is 0 Å². The molecule has 8 nitrogen and oxygen atoms in total. The fourth-order valence-electron chi connectivity index (χ4n) is 2.35. The fourth-order valence-corrected chi connectivity index (χ4v) is 2.35. The molecule has 0 saturated carbocycles. The Morgan fingerprint density at radius 2 is 1.96 bits per heavy atom. The van der Waals surface area contributed by atoms with E-state index in [1.165, 1.54) is 0 Å². The van der Waals surface area contributed by atoms with Gasteiger partial charge < -0.3 is 20.1 Å². The van der Waals surface area contributed by atoms with Gasteiger partial charge in [0.2, 0.25) is 11.8 Å². The molecule has 2 rings (SSSR count). The minimum absolute atomic E-state index is 0. The van der Waals surface area contributed by atoms with Gasteiger partial charge in [0, 0.05) is 25.0 Å². The molecule has 1 amide bonds. The van der Waals surface area contributed by atoms with Gasteiger partial charge in [0.1, 0.15) is 6.54 Å². The van der Waals surface area contributed by atoms with E-state index >= 15 is 0 Å². The highest BCUT2D eigenvalue weighted by Gasteiger charge is 2.21. The van der Waals surface area contributed by atoms with Gasteiger partial charge in [-0.2, -0.15) is 4.98 Å². The summed E-state index contributed by atoms with van der Waals surface area (Å²) in [7, 11) is 0. The molecule has 0 spiro atoms. The summed E-state index contributed by atoms with van der Waals surface area (Å²) in [5.74, 6) is 1.80. The predicted molar refractivity (Wildman–Crippen MR) is 107 cm³/mol. The van der Waals surface area contributed by atoms with Crippen molar-refractivity contribution in [3.05, 3.63) is 11.7 Å². The number of hydrogen-bond acceptors (Lipinski definition) is 5. The first kappa shape index (κ1) is 21.7. The van der Waals surface area contributed by atoms with Gasteiger partial charge >= 0.3 is 0 Å². The van der Waals surface area contributed by atoms with E-state index in [1.54, 1.807) is 0 Å². The number of aliphatic imine (C=N–C) groups is 1. The van der Waals surface area contributed by atoms with Gasteiger partial charge in [-0.15, -0.1) is 24.0 Å². The number of amides is 1. The Kier molecular flexibility index (Phi) is 8.60. The Hall–Kier alpha value is -1.39. The van der Waals surface area contributed by atoms with Crippen LogP contribution in [0.1, 0.15) is 52.3 Å². The van der Waals surface area contributed by atoms with Gasteiger partial charge in [-0.25, -0.2) is 4.99 Å². The lowest BCUT2D eigenvalue weighted by Crippen LogP contribution is -2.44. The van der Waals surface area contributed by atoms with Gasteiger partial charge in [-0.1, -0.05) is 25.9 Å². The zero-order valence-corrected chi connectivity index (χ0v) is 17.8. The summed E-state index contributed by atoms with van der Waals surface area (Å²) >= 11 is 0. The molecule has 2 heterocycles. The first-order valence-electron chi connectivity index (χ1n) is 8.53. The van der Waals surface area contributed by atoms with Crippen LogP contribution in [0, 0.1) is 0 Å². The van der Waals surface area contributed by atoms with Crippen molar-refractivity contribution in [2.45, 2.75) is 52.5 Å². The summed E-state index contributed by atoms with van der Waals surface area (Å²) in [6.45, 7) is 11.0. The van der Waals surface area contributed by atoms with Crippen molar-refractivity contribution in [1.29, 1.82) is 0 Å². The number of carbonyl (C=O) groups excluding carboxylic acids is 1. The molecule has 25 heavy (non-hydrogen) atoms. The van der Waals surface area contributed by atoms with Crippen molar-refractivity contribution in [3.63, 3.8) is 0 Å². The van der Waals surface area contributed by atoms with Gasteiger partial charge in [0.25, 0.3) is 0 Å². The largest absolute Gasteiger partial charge is 0.357 e. The number of aromatic nitrogens is 2. The highest BCUT2D eigenvalue weighted by molar-refractivity contribution is 14.0. The Balaban J connectivity index is 0.00000312. The molecule has 1 fully saturated rings. The molecule has 1 saturated heterocycles. The SMILES string of the molecule is CCNC(=NCc1noc(C(C)(C)C)n1)NCC(=O)N1CCCC1.I. The maximum absolute atomic E-state index is 12.1. The third kappa shape index (κ3) is 6.79. The molecule has 2 N–H and O–H groups in total. The zero-order chi connectivity index (χ0) is 17.6. The summed E-state index contributed by atoms with van der Waals surface area (Å²) in [6.07, 6.45) is 2.18. The van der Waals surface area contributed by atoms with E-state index in [-0.39, 0.29) is 41.8 Å². The normalized spacial score (nSPS) is 15.0. The van der Waals surface area contributed by atoms with Crippen LogP contribution in [0.2, 0.25) is 0 Å². The lowest BCUT2D eigenvalue weighted by Gasteiger charge is -2.17. The van der Waals surface area contributed by atoms with E-state index in [9.17, 15) is 4.79 Å². The molecule has 1 aromatic rings. The molecule has 1 aliphatic heterocycles. The van der Waals surface area contributed by atoms with Crippen LogP contribution in [-0.2, 0) is 16.8 Å². The van der Waals surface area contributed by atoms with Gasteiger partial charge in [-0.3, -0.25) is 4.79 Å². The molecule has 0 atom stereocenters. The van der Waals surface area contributed by atoms with Crippen LogP contribution in [0.15, 0.2) is 9.52 Å². The van der Waals surface area contributed by atoms with Crippen molar-refractivity contribution < 1.29 is 9.32 Å². The van der Waals surface area contributed by atoms with E-state index in [1.807, 2.05) is 32.6 Å². The van der Waals surface area contributed by atoms with E-state index in [0.29, 0.717) is 30.8 Å². The fraction of sp³-hybridized carbons (Fsp3) is 0.750. The molecule has 0 aromatic carbocycles. The topological polar surface area (TPSA) is 95.6 Å². The van der Waals surface area contributed by atoms with Crippen LogP contribution in [0.25, 0.3) is 0 Å². The van der Waals surface area contributed by atoms with Crippen LogP contribution in [0.4, 0.5) is 0 Å². The van der Waals surface area contributed by atoms with E-state index in [2.05, 4.69) is 25.8 Å². The average molecular weight is 464 g/mol. The number of likely N-dealkylation sites (tertiary alicyclic amines) is 1. The second-order valence-electron chi connectivity index (χ2n) is 6.90. The number of nitrogens with one attached hydrogen (secondary N) is 2. The smallest absolute Gasteiger partial charge is 0.241 e. The summed E-state index contributed by atoms with van der Waals surface area (Å²) in [5, 5.41) is 10.1. The highest BCUT2D eigenvalue weighted by atomic mass is 127. The quantitative estimate of drug-likeness (QED) is 0.391. The van der Waals surface area contributed by atoms with Crippen LogP contribution < -0.4 is 10.6 Å². The Labute approximate surface area is 166 Å². The summed E-state index contributed by atoms with van der Waals surface area (Å²) in [5.41, 5.74) is -0.181. The van der Waals surface area contributed by atoms with Crippen LogP contribution in [0.5, 0.6) is 0 Å². The predicted octanol–water partition coefficient (Wildman–Crippen LogP) is 1.66. The van der Waals surface area contributed by atoms with Crippen LogP contribution in [-0.4, -0.2) is 53.1 Å². The van der Waals surface area contributed by atoms with Crippen molar-refractivity contribution in [1.82, 2.24) is 25.7 Å². The molecule has 1 aromatic heterocycles. The van der Waals surface area contributed by atoms with E-state index in [4.69, 9.17) is 4.52 Å². The minimum atomic E-state index is -0.181. The molecular formula is C16H29IN6O2. The molecule has 0 bridgehead atoms. The average Bonchev–Trinajstić information content (AvgIpc) is 3.20. The molecule has 9 heteroatoms. The summed E-state index contributed by atoms with van der Waals surface area (Å²) in [6, 6.07) is 0. The highest BCUT2D eigenvalue weighted by Crippen LogP contribution is 2.19. The lowest BCUT2D eigenvalue weighted by atomic mass is 9.97. The van der Waals surface area contributed by atoms with Gasteiger partial charge in [0.15, 0.2) is 11.8 Å². The second kappa shape index (κ2) is 9.93. The van der Waals surface area contributed by atoms with Gasteiger partial charge in [-0.05, 0) is 19.8 Å². The first-order valence-corrected chi connectivity index (χ1v) is 8.53. The van der Waals surface area contributed by atoms with E-state index in [0.717, 1.165) is 25.9 Å². The summed E-state index contributed by atoms with van der Waals surface area (Å²) < 4.78 is 5.26. The van der Waals surface area contributed by atoms with Crippen LogP contribution >= 0.6 is 24.0 Å². The van der Waals surface area contributed by atoms with E-state index < -0.39 is 0 Å². The van der Waals surface area contributed by atoms with Crippen molar-refractivity contribution >= 4 is 35.8 Å². The Morgan fingerprint density at radius 3 is 2.52 bits per heavy atom. The Morgan fingerprint density at radius 1 is 1.28 bits per heavy atom. The molecular weight excluding hydrogens is 435 g/mol. The van der Waals surface area contributed by atoms with Crippen molar-refractivity contribution in [2.24, 2.45) is 4.99 Å². The zero-order valence-electron chi connectivity index (χ0n) is 15.5. The van der Waals surface area contributed by atoms with Crippen molar-refractivity contribution in [2.75, 3.05) is 26.2 Å². The van der Waals surface area contributed by atoms with Gasteiger partial charge in [0.05, 0.1) is 6.54 Å². The Bertz CT molecular complexity index is 575. The molecule has 1 aliphatic rings. The molecule has 0 unspecified atom stereocenters. The lowest BCUT2D eigenvalue weighted by molar-refractivity contribution is -0.128. The standard InChI is InChI=1S/C16H28N6O2.HI/c1-5-17-15(19-11-13(23)22-8-6-7-9-22)18-10-12-20-14(24-21-12)16(2,3)4;/h5-11H2,1-4H3,(H2,17,18,19);1H. The minimum Gasteiger partial charge on any atom is -0.357 e.